The van der Waals surface area contributed by atoms with Crippen LogP contribution in [0.2, 0.25) is 0 Å². The maximum absolute atomic E-state index is 5.62. The molecule has 1 aliphatic rings. The van der Waals surface area contributed by atoms with Gasteiger partial charge in [-0.1, -0.05) is 50.5 Å². The molecule has 0 aliphatic heterocycles. The van der Waals surface area contributed by atoms with Crippen molar-refractivity contribution in [1.82, 2.24) is 5.32 Å². The SMILES string of the molecule is CCNCCOCCc1ccc(C2CCCCC2)cc1. The smallest absolute Gasteiger partial charge is 0.0591 e. The number of hydrogen-bond acceptors (Lipinski definition) is 2. The van der Waals surface area contributed by atoms with Crippen molar-refractivity contribution >= 4 is 0 Å². The van der Waals surface area contributed by atoms with Crippen LogP contribution in [-0.4, -0.2) is 26.3 Å². The van der Waals surface area contributed by atoms with Crippen molar-refractivity contribution in [2.75, 3.05) is 26.3 Å². The lowest BCUT2D eigenvalue weighted by Crippen LogP contribution is -2.19. The van der Waals surface area contributed by atoms with Gasteiger partial charge in [0.1, 0.15) is 0 Å². The first kappa shape index (κ1) is 15.5. The van der Waals surface area contributed by atoms with Crippen molar-refractivity contribution in [1.29, 1.82) is 0 Å². The van der Waals surface area contributed by atoms with Crippen LogP contribution in [0.4, 0.5) is 0 Å². The lowest BCUT2D eigenvalue weighted by molar-refractivity contribution is 0.139. The molecule has 1 saturated carbocycles. The fraction of sp³-hybridized carbons (Fsp3) is 0.667. The average molecular weight is 275 g/mol. The Morgan fingerprint density at radius 1 is 1.05 bits per heavy atom. The molecule has 0 amide bonds. The highest BCUT2D eigenvalue weighted by atomic mass is 16.5. The molecule has 0 saturated heterocycles. The zero-order valence-corrected chi connectivity index (χ0v) is 12.9. The molecule has 0 atom stereocenters. The van der Waals surface area contributed by atoms with Gasteiger partial charge < -0.3 is 10.1 Å². The molecule has 1 aromatic rings. The third kappa shape index (κ3) is 5.26. The second-order valence-corrected chi connectivity index (χ2v) is 5.79. The number of ether oxygens (including phenoxy) is 1. The molecule has 2 rings (SSSR count). The molecular weight excluding hydrogens is 246 g/mol. The summed E-state index contributed by atoms with van der Waals surface area (Å²) in [7, 11) is 0. The van der Waals surface area contributed by atoms with Crippen molar-refractivity contribution in [2.24, 2.45) is 0 Å². The average Bonchev–Trinajstić information content (AvgIpc) is 2.52. The van der Waals surface area contributed by atoms with Gasteiger partial charge in [0.15, 0.2) is 0 Å². The van der Waals surface area contributed by atoms with Crippen molar-refractivity contribution in [3.8, 4) is 0 Å². The minimum Gasteiger partial charge on any atom is -0.380 e. The van der Waals surface area contributed by atoms with Gasteiger partial charge in [-0.2, -0.15) is 0 Å². The topological polar surface area (TPSA) is 21.3 Å². The van der Waals surface area contributed by atoms with Crippen LogP contribution in [0.25, 0.3) is 0 Å². The fourth-order valence-electron chi connectivity index (χ4n) is 3.01. The van der Waals surface area contributed by atoms with Gasteiger partial charge in [0, 0.05) is 6.54 Å². The van der Waals surface area contributed by atoms with Gasteiger partial charge in [0.25, 0.3) is 0 Å². The third-order valence-electron chi connectivity index (χ3n) is 4.26. The Balaban J connectivity index is 1.68. The van der Waals surface area contributed by atoms with E-state index in [1.165, 1.54) is 37.7 Å². The molecule has 0 unspecified atom stereocenters. The zero-order valence-electron chi connectivity index (χ0n) is 12.9. The van der Waals surface area contributed by atoms with E-state index < -0.39 is 0 Å². The van der Waals surface area contributed by atoms with Crippen LogP contribution < -0.4 is 5.32 Å². The van der Waals surface area contributed by atoms with E-state index in [2.05, 4.69) is 36.5 Å². The van der Waals surface area contributed by atoms with E-state index in [-0.39, 0.29) is 0 Å². The lowest BCUT2D eigenvalue weighted by atomic mass is 9.84. The Labute approximate surface area is 123 Å². The molecule has 1 N–H and O–H groups in total. The fourth-order valence-corrected chi connectivity index (χ4v) is 3.01. The van der Waals surface area contributed by atoms with Gasteiger partial charge in [-0.15, -0.1) is 0 Å². The molecule has 1 aromatic carbocycles. The maximum Gasteiger partial charge on any atom is 0.0591 e. The quantitative estimate of drug-likeness (QED) is 0.726. The number of rotatable bonds is 8. The molecule has 2 heteroatoms. The molecule has 1 aliphatic carbocycles. The molecule has 1 fully saturated rings. The summed E-state index contributed by atoms with van der Waals surface area (Å²) in [5, 5.41) is 3.27. The second-order valence-electron chi connectivity index (χ2n) is 5.79. The molecule has 0 heterocycles. The first-order chi connectivity index (χ1) is 9.90. The van der Waals surface area contributed by atoms with E-state index in [9.17, 15) is 0 Å². The number of likely N-dealkylation sites (N-methyl/N-ethyl adjacent to an activating group) is 1. The molecule has 112 valence electrons. The van der Waals surface area contributed by atoms with Crippen LogP contribution in [0.15, 0.2) is 24.3 Å². The van der Waals surface area contributed by atoms with Crippen molar-refractivity contribution in [3.63, 3.8) is 0 Å². The Hall–Kier alpha value is -0.860. The summed E-state index contributed by atoms with van der Waals surface area (Å²) in [4.78, 5) is 0. The normalized spacial score (nSPS) is 16.4. The third-order valence-corrected chi connectivity index (χ3v) is 4.26. The van der Waals surface area contributed by atoms with E-state index in [4.69, 9.17) is 4.74 Å². The number of nitrogens with one attached hydrogen (secondary N) is 1. The van der Waals surface area contributed by atoms with E-state index in [1.807, 2.05) is 0 Å². The molecule has 0 bridgehead atoms. The minimum atomic E-state index is 0.813. The summed E-state index contributed by atoms with van der Waals surface area (Å²) in [5.74, 6) is 0.814. The van der Waals surface area contributed by atoms with E-state index in [0.717, 1.165) is 38.6 Å². The number of benzene rings is 1. The monoisotopic (exact) mass is 275 g/mol. The Morgan fingerprint density at radius 2 is 1.80 bits per heavy atom. The minimum absolute atomic E-state index is 0.813. The van der Waals surface area contributed by atoms with Crippen LogP contribution in [0.3, 0.4) is 0 Å². The Morgan fingerprint density at radius 3 is 2.50 bits per heavy atom. The van der Waals surface area contributed by atoms with Crippen LogP contribution >= 0.6 is 0 Å². The van der Waals surface area contributed by atoms with Crippen molar-refractivity contribution in [3.05, 3.63) is 35.4 Å². The Kier molecular flexibility index (Phi) is 7.10. The first-order valence-corrected chi connectivity index (χ1v) is 8.27. The van der Waals surface area contributed by atoms with Gasteiger partial charge in [-0.25, -0.2) is 0 Å². The highest BCUT2D eigenvalue weighted by Crippen LogP contribution is 2.32. The van der Waals surface area contributed by atoms with Crippen molar-refractivity contribution in [2.45, 2.75) is 51.4 Å². The lowest BCUT2D eigenvalue weighted by Gasteiger charge is -2.22. The van der Waals surface area contributed by atoms with Gasteiger partial charge in [-0.3, -0.25) is 0 Å². The highest BCUT2D eigenvalue weighted by Gasteiger charge is 2.14. The first-order valence-electron chi connectivity index (χ1n) is 8.27. The Bertz CT molecular complexity index is 354. The van der Waals surface area contributed by atoms with Gasteiger partial charge >= 0.3 is 0 Å². The standard InChI is InChI=1S/C18H29NO/c1-2-19-13-15-20-14-12-16-8-10-18(11-9-16)17-6-4-3-5-7-17/h8-11,17,19H,2-7,12-15H2,1H3. The number of hydrogen-bond donors (Lipinski definition) is 1. The summed E-state index contributed by atoms with van der Waals surface area (Å²) in [6, 6.07) is 9.25. The molecular formula is C18H29NO. The van der Waals surface area contributed by atoms with E-state index in [1.54, 1.807) is 5.56 Å². The summed E-state index contributed by atoms with van der Waals surface area (Å²) in [6.45, 7) is 5.74. The predicted octanol–water partition coefficient (Wildman–Crippen LogP) is 3.90. The zero-order chi connectivity index (χ0) is 14.0. The largest absolute Gasteiger partial charge is 0.380 e. The van der Waals surface area contributed by atoms with Crippen LogP contribution in [0, 0.1) is 0 Å². The summed E-state index contributed by atoms with van der Waals surface area (Å²) in [6.07, 6.45) is 8.04. The molecule has 0 radical (unpaired) electrons. The van der Waals surface area contributed by atoms with Gasteiger partial charge in [0.05, 0.1) is 13.2 Å². The van der Waals surface area contributed by atoms with Crippen molar-refractivity contribution < 1.29 is 4.74 Å². The van der Waals surface area contributed by atoms with Crippen LogP contribution in [0.1, 0.15) is 56.1 Å². The second kappa shape index (κ2) is 9.15. The molecule has 0 spiro atoms. The maximum atomic E-state index is 5.62. The summed E-state index contributed by atoms with van der Waals surface area (Å²) in [5.41, 5.74) is 2.94. The molecule has 2 nitrogen and oxygen atoms in total. The van der Waals surface area contributed by atoms with Gasteiger partial charge in [0.2, 0.25) is 0 Å². The predicted molar refractivity (Wildman–Crippen MR) is 85.3 cm³/mol. The van der Waals surface area contributed by atoms with E-state index in [0.29, 0.717) is 0 Å². The molecule has 20 heavy (non-hydrogen) atoms. The van der Waals surface area contributed by atoms with Gasteiger partial charge in [-0.05, 0) is 42.9 Å². The van der Waals surface area contributed by atoms with Crippen LogP contribution in [0.5, 0.6) is 0 Å². The summed E-state index contributed by atoms with van der Waals surface area (Å²) >= 11 is 0. The summed E-state index contributed by atoms with van der Waals surface area (Å²) < 4.78 is 5.62. The van der Waals surface area contributed by atoms with E-state index >= 15 is 0 Å². The van der Waals surface area contributed by atoms with Crippen LogP contribution in [-0.2, 0) is 11.2 Å². The molecule has 0 aromatic heterocycles. The highest BCUT2D eigenvalue weighted by molar-refractivity contribution is 5.25.